The van der Waals surface area contributed by atoms with Crippen molar-refractivity contribution in [3.63, 3.8) is 0 Å². The average molecular weight is 335 g/mol. The van der Waals surface area contributed by atoms with E-state index >= 15 is 0 Å². The van der Waals surface area contributed by atoms with E-state index in [1.54, 1.807) is 19.1 Å². The highest BCUT2D eigenvalue weighted by atomic mass is 16.5. The van der Waals surface area contributed by atoms with Crippen molar-refractivity contribution >= 4 is 16.9 Å². The standard InChI is InChI=1S/C21H21NO3/c1-4-11-22-14(3)20(21(24)25-5-2)17-13-19(23)16(12-18(17)22)15-9-7-6-8-10-15/h4,6-10,12-13,23H,1,5,11H2,2-3H3. The number of hydrogen-bond acceptors (Lipinski definition) is 3. The van der Waals surface area contributed by atoms with Crippen LogP contribution in [0.25, 0.3) is 22.0 Å². The second-order valence-corrected chi connectivity index (χ2v) is 5.83. The summed E-state index contributed by atoms with van der Waals surface area (Å²) in [5.41, 5.74) is 3.82. The predicted molar refractivity (Wildman–Crippen MR) is 99.9 cm³/mol. The van der Waals surface area contributed by atoms with Gasteiger partial charge in [-0.1, -0.05) is 36.4 Å². The van der Waals surface area contributed by atoms with Gasteiger partial charge < -0.3 is 14.4 Å². The molecule has 0 atom stereocenters. The molecule has 4 nitrogen and oxygen atoms in total. The first kappa shape index (κ1) is 16.8. The first-order valence-corrected chi connectivity index (χ1v) is 8.27. The molecule has 0 fully saturated rings. The zero-order valence-electron chi connectivity index (χ0n) is 14.5. The lowest BCUT2D eigenvalue weighted by atomic mass is 10.0. The Hall–Kier alpha value is -3.01. The zero-order chi connectivity index (χ0) is 18.0. The van der Waals surface area contributed by atoms with Gasteiger partial charge in [-0.15, -0.1) is 6.58 Å². The number of rotatable bonds is 5. The van der Waals surface area contributed by atoms with Crippen LogP contribution in [0.2, 0.25) is 0 Å². The van der Waals surface area contributed by atoms with Gasteiger partial charge in [-0.25, -0.2) is 4.79 Å². The van der Waals surface area contributed by atoms with Gasteiger partial charge in [-0.2, -0.15) is 0 Å². The fourth-order valence-electron chi connectivity index (χ4n) is 3.19. The first-order chi connectivity index (χ1) is 12.1. The molecule has 0 amide bonds. The minimum absolute atomic E-state index is 0.139. The summed E-state index contributed by atoms with van der Waals surface area (Å²) in [5, 5.41) is 11.2. The SMILES string of the molecule is C=CCn1c(C)c(C(=O)OCC)c2cc(O)c(-c3ccccc3)cc21. The van der Waals surface area contributed by atoms with Crippen molar-refractivity contribution in [2.24, 2.45) is 0 Å². The number of hydrogen-bond donors (Lipinski definition) is 1. The molecule has 1 heterocycles. The molecule has 4 heteroatoms. The quantitative estimate of drug-likeness (QED) is 0.544. The number of aromatic nitrogens is 1. The molecule has 3 rings (SSSR count). The minimum Gasteiger partial charge on any atom is -0.507 e. The molecule has 0 aliphatic carbocycles. The van der Waals surface area contributed by atoms with Crippen LogP contribution >= 0.6 is 0 Å². The molecule has 0 saturated carbocycles. The molecule has 0 unspecified atom stereocenters. The Labute approximate surface area is 147 Å². The summed E-state index contributed by atoms with van der Waals surface area (Å²) in [5.74, 6) is -0.236. The van der Waals surface area contributed by atoms with Gasteiger partial charge in [0.15, 0.2) is 0 Å². The van der Waals surface area contributed by atoms with Crippen molar-refractivity contribution in [3.05, 3.63) is 66.4 Å². The average Bonchev–Trinajstić information content (AvgIpc) is 2.87. The predicted octanol–water partition coefficient (Wildman–Crippen LogP) is 4.69. The van der Waals surface area contributed by atoms with E-state index in [9.17, 15) is 9.90 Å². The van der Waals surface area contributed by atoms with Crippen LogP contribution in [0, 0.1) is 6.92 Å². The van der Waals surface area contributed by atoms with Crippen LogP contribution in [0.1, 0.15) is 23.0 Å². The van der Waals surface area contributed by atoms with E-state index in [0.29, 0.717) is 24.1 Å². The van der Waals surface area contributed by atoms with Gasteiger partial charge in [-0.3, -0.25) is 0 Å². The molecule has 0 aliphatic rings. The number of ether oxygens (including phenoxy) is 1. The molecule has 0 bridgehead atoms. The number of esters is 1. The van der Waals surface area contributed by atoms with Crippen molar-refractivity contribution in [1.29, 1.82) is 0 Å². The highest BCUT2D eigenvalue weighted by Gasteiger charge is 2.22. The van der Waals surface area contributed by atoms with Crippen LogP contribution in [0.4, 0.5) is 0 Å². The third kappa shape index (κ3) is 2.91. The maximum atomic E-state index is 12.4. The number of phenolic OH excluding ortho intramolecular Hbond substituents is 1. The summed E-state index contributed by atoms with van der Waals surface area (Å²) >= 11 is 0. The number of carbonyl (C=O) groups is 1. The Morgan fingerprint density at radius 3 is 2.64 bits per heavy atom. The van der Waals surface area contributed by atoms with Crippen LogP contribution in [-0.4, -0.2) is 22.2 Å². The summed E-state index contributed by atoms with van der Waals surface area (Å²) in [7, 11) is 0. The monoisotopic (exact) mass is 335 g/mol. The number of carbonyl (C=O) groups excluding carboxylic acids is 1. The Morgan fingerprint density at radius 2 is 2.00 bits per heavy atom. The van der Waals surface area contributed by atoms with Crippen molar-refractivity contribution in [2.75, 3.05) is 6.61 Å². The van der Waals surface area contributed by atoms with E-state index in [-0.39, 0.29) is 11.7 Å². The van der Waals surface area contributed by atoms with E-state index < -0.39 is 0 Å². The third-order valence-corrected chi connectivity index (χ3v) is 4.32. The maximum Gasteiger partial charge on any atom is 0.340 e. The Morgan fingerprint density at radius 1 is 1.28 bits per heavy atom. The summed E-state index contributed by atoms with van der Waals surface area (Å²) in [6, 6.07) is 13.2. The highest BCUT2D eigenvalue weighted by molar-refractivity contribution is 6.07. The third-order valence-electron chi connectivity index (χ3n) is 4.32. The van der Waals surface area contributed by atoms with E-state index in [1.165, 1.54) is 0 Å². The van der Waals surface area contributed by atoms with E-state index in [2.05, 4.69) is 6.58 Å². The molecule has 128 valence electrons. The highest BCUT2D eigenvalue weighted by Crippen LogP contribution is 2.37. The summed E-state index contributed by atoms with van der Waals surface area (Å²) in [4.78, 5) is 12.4. The number of phenols is 1. The molecule has 0 radical (unpaired) electrons. The molecule has 0 saturated heterocycles. The van der Waals surface area contributed by atoms with Crippen LogP contribution in [0.5, 0.6) is 5.75 Å². The second-order valence-electron chi connectivity index (χ2n) is 5.83. The largest absolute Gasteiger partial charge is 0.507 e. The first-order valence-electron chi connectivity index (χ1n) is 8.27. The molecular formula is C21H21NO3. The molecule has 3 aromatic rings. The fraction of sp³-hybridized carbons (Fsp3) is 0.190. The van der Waals surface area contributed by atoms with Gasteiger partial charge in [-0.05, 0) is 31.5 Å². The van der Waals surface area contributed by atoms with Gasteiger partial charge in [0.2, 0.25) is 0 Å². The molecular weight excluding hydrogens is 314 g/mol. The second kappa shape index (κ2) is 6.85. The summed E-state index contributed by atoms with van der Waals surface area (Å²) < 4.78 is 7.22. The normalized spacial score (nSPS) is 10.8. The van der Waals surface area contributed by atoms with Gasteiger partial charge in [0.05, 0.1) is 17.7 Å². The molecule has 25 heavy (non-hydrogen) atoms. The molecule has 0 aliphatic heterocycles. The molecule has 0 spiro atoms. The van der Waals surface area contributed by atoms with Crippen LogP contribution in [0.3, 0.4) is 0 Å². The topological polar surface area (TPSA) is 51.5 Å². The summed E-state index contributed by atoms with van der Waals surface area (Å²) in [6.45, 7) is 8.35. The van der Waals surface area contributed by atoms with Gasteiger partial charge >= 0.3 is 5.97 Å². The number of nitrogens with zero attached hydrogens (tertiary/aromatic N) is 1. The van der Waals surface area contributed by atoms with Crippen LogP contribution in [0.15, 0.2) is 55.1 Å². The van der Waals surface area contributed by atoms with Crippen molar-refractivity contribution in [3.8, 4) is 16.9 Å². The maximum absolute atomic E-state index is 12.4. The fourth-order valence-corrected chi connectivity index (χ4v) is 3.19. The van der Waals surface area contributed by atoms with Gasteiger partial charge in [0.25, 0.3) is 0 Å². The molecule has 2 aromatic carbocycles. The van der Waals surface area contributed by atoms with Crippen LogP contribution < -0.4 is 0 Å². The van der Waals surface area contributed by atoms with E-state index in [1.807, 2.05) is 47.9 Å². The minimum atomic E-state index is -0.375. The number of fused-ring (bicyclic) bond motifs is 1. The van der Waals surface area contributed by atoms with Crippen molar-refractivity contribution in [2.45, 2.75) is 20.4 Å². The Bertz CT molecular complexity index is 939. The zero-order valence-corrected chi connectivity index (χ0v) is 14.5. The lowest BCUT2D eigenvalue weighted by Gasteiger charge is -2.08. The smallest absolute Gasteiger partial charge is 0.340 e. The van der Waals surface area contributed by atoms with Gasteiger partial charge in [0.1, 0.15) is 5.75 Å². The van der Waals surface area contributed by atoms with Crippen LogP contribution in [-0.2, 0) is 11.3 Å². The lowest BCUT2D eigenvalue weighted by Crippen LogP contribution is -2.07. The van der Waals surface area contributed by atoms with E-state index in [0.717, 1.165) is 22.3 Å². The Kier molecular flexibility index (Phi) is 4.61. The Balaban J connectivity index is 2.30. The molecule has 1 aromatic heterocycles. The summed E-state index contributed by atoms with van der Waals surface area (Å²) in [6.07, 6.45) is 1.79. The van der Waals surface area contributed by atoms with E-state index in [4.69, 9.17) is 4.74 Å². The molecule has 1 N–H and O–H groups in total. The number of allylic oxidation sites excluding steroid dienone is 1. The van der Waals surface area contributed by atoms with Crippen molar-refractivity contribution < 1.29 is 14.6 Å². The van der Waals surface area contributed by atoms with Crippen molar-refractivity contribution in [1.82, 2.24) is 4.57 Å². The lowest BCUT2D eigenvalue weighted by molar-refractivity contribution is 0.0527. The number of aromatic hydroxyl groups is 1. The van der Waals surface area contributed by atoms with Gasteiger partial charge in [0, 0.05) is 23.2 Å². The number of benzene rings is 2.